The summed E-state index contributed by atoms with van der Waals surface area (Å²) < 4.78 is 10.2. The van der Waals surface area contributed by atoms with Gasteiger partial charge in [0.15, 0.2) is 0 Å². The highest BCUT2D eigenvalue weighted by molar-refractivity contribution is 5.86. The fraction of sp³-hybridized carbons (Fsp3) is 0.526. The van der Waals surface area contributed by atoms with E-state index in [0.717, 1.165) is 5.56 Å². The summed E-state index contributed by atoms with van der Waals surface area (Å²) in [5.74, 6) is -1.47. The number of hydrogen-bond donors (Lipinski definition) is 1. The maximum absolute atomic E-state index is 13.3. The molecule has 1 aromatic rings. The Balaban J connectivity index is 1.96. The first-order chi connectivity index (χ1) is 12.4. The van der Waals surface area contributed by atoms with E-state index >= 15 is 0 Å². The predicted molar refractivity (Wildman–Crippen MR) is 93.0 cm³/mol. The Morgan fingerprint density at radius 2 is 2.00 bits per heavy atom. The fourth-order valence-corrected chi connectivity index (χ4v) is 3.83. The number of cyclic esters (lactones) is 1. The largest absolute Gasteiger partial charge is 0.468 e. The maximum atomic E-state index is 13.3. The molecule has 3 rings (SSSR count). The number of ether oxygens (including phenoxy) is 2. The number of methoxy groups -OCH3 is 1. The van der Waals surface area contributed by atoms with Crippen LogP contribution in [0.1, 0.15) is 31.9 Å². The molecule has 2 heterocycles. The van der Waals surface area contributed by atoms with Crippen molar-refractivity contribution >= 4 is 17.8 Å². The number of nitrogens with one attached hydrogen (secondary N) is 1. The predicted octanol–water partition coefficient (Wildman–Crippen LogP) is 1.04. The number of amides is 1. The van der Waals surface area contributed by atoms with Gasteiger partial charge in [0.1, 0.15) is 12.1 Å². The van der Waals surface area contributed by atoms with Crippen molar-refractivity contribution in [2.75, 3.05) is 13.7 Å². The molecular formula is C19H24N2O5. The van der Waals surface area contributed by atoms with Gasteiger partial charge in [0, 0.05) is 12.6 Å². The van der Waals surface area contributed by atoms with Gasteiger partial charge in [0.05, 0.1) is 25.5 Å². The molecule has 0 saturated carbocycles. The van der Waals surface area contributed by atoms with Crippen LogP contribution in [0.15, 0.2) is 30.3 Å². The number of benzene rings is 1. The lowest BCUT2D eigenvalue weighted by Crippen LogP contribution is -2.54. The molecule has 1 aromatic carbocycles. The van der Waals surface area contributed by atoms with Crippen LogP contribution in [0.25, 0.3) is 0 Å². The molecule has 26 heavy (non-hydrogen) atoms. The first-order valence-corrected chi connectivity index (χ1v) is 8.81. The normalized spacial score (nSPS) is 30.0. The fourth-order valence-electron chi connectivity index (χ4n) is 3.83. The Morgan fingerprint density at radius 3 is 2.65 bits per heavy atom. The van der Waals surface area contributed by atoms with Gasteiger partial charge in [-0.1, -0.05) is 30.3 Å². The monoisotopic (exact) mass is 360 g/mol. The molecule has 2 aliphatic rings. The molecule has 0 spiro atoms. The number of rotatable bonds is 3. The third-order valence-electron chi connectivity index (χ3n) is 5.24. The van der Waals surface area contributed by atoms with Crippen molar-refractivity contribution in [3.63, 3.8) is 0 Å². The standard InChI is InChI=1S/C19H24N2O5/c1-11(13-7-5-4-6-8-13)21-10-15(19(24)25-3)20-14-9-16(22)26-12(2)17(14)18(21)23/h4-8,11-12,14-15,17,20H,9-10H2,1-3H3/t11-,12+,14+,15+,17+/m0/s1. The van der Waals surface area contributed by atoms with Gasteiger partial charge >= 0.3 is 11.9 Å². The summed E-state index contributed by atoms with van der Waals surface area (Å²) in [5, 5.41) is 3.16. The Kier molecular flexibility index (Phi) is 5.27. The zero-order chi connectivity index (χ0) is 18.8. The summed E-state index contributed by atoms with van der Waals surface area (Å²) in [7, 11) is 1.32. The molecule has 1 amide bonds. The van der Waals surface area contributed by atoms with Gasteiger partial charge in [-0.15, -0.1) is 0 Å². The first-order valence-electron chi connectivity index (χ1n) is 8.81. The topological polar surface area (TPSA) is 84.9 Å². The van der Waals surface area contributed by atoms with E-state index in [9.17, 15) is 14.4 Å². The van der Waals surface area contributed by atoms with Crippen LogP contribution in [0.2, 0.25) is 0 Å². The van der Waals surface area contributed by atoms with Gasteiger partial charge in [0.2, 0.25) is 5.91 Å². The van der Waals surface area contributed by atoms with Crippen LogP contribution in [0.3, 0.4) is 0 Å². The highest BCUT2D eigenvalue weighted by atomic mass is 16.5. The summed E-state index contributed by atoms with van der Waals surface area (Å²) >= 11 is 0. The van der Waals surface area contributed by atoms with Gasteiger partial charge in [-0.05, 0) is 19.4 Å². The molecule has 140 valence electrons. The van der Waals surface area contributed by atoms with Crippen molar-refractivity contribution in [2.24, 2.45) is 5.92 Å². The quantitative estimate of drug-likeness (QED) is 0.811. The number of carbonyl (C=O) groups excluding carboxylic acids is 3. The Labute approximate surface area is 152 Å². The van der Waals surface area contributed by atoms with Gasteiger partial charge in [0.25, 0.3) is 0 Å². The third kappa shape index (κ3) is 3.44. The Bertz CT molecular complexity index is 692. The van der Waals surface area contributed by atoms with Crippen molar-refractivity contribution in [2.45, 2.75) is 44.5 Å². The highest BCUT2D eigenvalue weighted by Crippen LogP contribution is 2.31. The van der Waals surface area contributed by atoms with Crippen LogP contribution < -0.4 is 5.32 Å². The van der Waals surface area contributed by atoms with Crippen LogP contribution in [-0.4, -0.2) is 54.6 Å². The van der Waals surface area contributed by atoms with Crippen molar-refractivity contribution in [3.05, 3.63) is 35.9 Å². The second-order valence-corrected chi connectivity index (χ2v) is 6.85. The molecule has 0 aliphatic carbocycles. The van der Waals surface area contributed by atoms with Crippen molar-refractivity contribution < 1.29 is 23.9 Å². The van der Waals surface area contributed by atoms with E-state index < -0.39 is 30.1 Å². The van der Waals surface area contributed by atoms with Crippen molar-refractivity contribution in [1.29, 1.82) is 0 Å². The number of esters is 2. The zero-order valence-electron chi connectivity index (χ0n) is 15.2. The molecule has 1 N–H and O–H groups in total. The number of carbonyl (C=O) groups is 3. The summed E-state index contributed by atoms with van der Waals surface area (Å²) in [6, 6.07) is 8.28. The maximum Gasteiger partial charge on any atom is 0.324 e. The minimum Gasteiger partial charge on any atom is -0.468 e. The number of nitrogens with zero attached hydrogens (tertiary/aromatic N) is 1. The van der Waals surface area contributed by atoms with Gasteiger partial charge in [-0.25, -0.2) is 0 Å². The molecule has 0 aromatic heterocycles. The van der Waals surface area contributed by atoms with Crippen LogP contribution in [0.5, 0.6) is 0 Å². The molecule has 7 nitrogen and oxygen atoms in total. The highest BCUT2D eigenvalue weighted by Gasteiger charge is 2.48. The molecule has 5 atom stereocenters. The third-order valence-corrected chi connectivity index (χ3v) is 5.24. The van der Waals surface area contributed by atoms with E-state index in [1.54, 1.807) is 11.8 Å². The number of hydrogen-bond acceptors (Lipinski definition) is 6. The van der Waals surface area contributed by atoms with E-state index in [-0.39, 0.29) is 30.9 Å². The average Bonchev–Trinajstić information content (AvgIpc) is 2.77. The van der Waals surface area contributed by atoms with Crippen LogP contribution in [0.4, 0.5) is 0 Å². The lowest BCUT2D eigenvalue weighted by atomic mass is 9.88. The summed E-state index contributed by atoms with van der Waals surface area (Å²) in [6.07, 6.45) is -0.495. The zero-order valence-corrected chi connectivity index (χ0v) is 15.2. The molecule has 0 radical (unpaired) electrons. The average molecular weight is 360 g/mol. The molecular weight excluding hydrogens is 336 g/mol. The second-order valence-electron chi connectivity index (χ2n) is 6.85. The van der Waals surface area contributed by atoms with E-state index in [0.29, 0.717) is 0 Å². The van der Waals surface area contributed by atoms with E-state index in [1.165, 1.54) is 7.11 Å². The Hall–Kier alpha value is -2.41. The van der Waals surface area contributed by atoms with Crippen LogP contribution >= 0.6 is 0 Å². The van der Waals surface area contributed by atoms with E-state index in [1.807, 2.05) is 37.3 Å². The molecule has 0 unspecified atom stereocenters. The first kappa shape index (κ1) is 18.4. The summed E-state index contributed by atoms with van der Waals surface area (Å²) in [5.41, 5.74) is 0.975. The second kappa shape index (κ2) is 7.45. The molecule has 0 bridgehead atoms. The molecule has 2 aliphatic heterocycles. The summed E-state index contributed by atoms with van der Waals surface area (Å²) in [6.45, 7) is 3.83. The smallest absolute Gasteiger partial charge is 0.324 e. The van der Waals surface area contributed by atoms with Crippen LogP contribution in [-0.2, 0) is 23.9 Å². The van der Waals surface area contributed by atoms with E-state index in [2.05, 4.69) is 5.32 Å². The van der Waals surface area contributed by atoms with Gasteiger partial charge in [-0.3, -0.25) is 19.7 Å². The summed E-state index contributed by atoms with van der Waals surface area (Å²) in [4.78, 5) is 39.1. The minimum atomic E-state index is -0.691. The SMILES string of the molecule is COC(=O)[C@H]1CN([C@@H](C)c2ccccc2)C(=O)[C@H]2[C@@H](CC(=O)O[C@@H]2C)N1. The molecule has 2 fully saturated rings. The lowest BCUT2D eigenvalue weighted by molar-refractivity contribution is -0.164. The van der Waals surface area contributed by atoms with E-state index in [4.69, 9.17) is 9.47 Å². The number of fused-ring (bicyclic) bond motifs is 1. The molecule has 7 heteroatoms. The Morgan fingerprint density at radius 1 is 1.31 bits per heavy atom. The van der Waals surface area contributed by atoms with Crippen LogP contribution in [0, 0.1) is 5.92 Å². The van der Waals surface area contributed by atoms with Crippen molar-refractivity contribution in [3.8, 4) is 0 Å². The van der Waals surface area contributed by atoms with Gasteiger partial charge in [-0.2, -0.15) is 0 Å². The van der Waals surface area contributed by atoms with Crippen molar-refractivity contribution in [1.82, 2.24) is 10.2 Å². The minimum absolute atomic E-state index is 0.0573. The lowest BCUT2D eigenvalue weighted by Gasteiger charge is -2.36. The van der Waals surface area contributed by atoms with Gasteiger partial charge < -0.3 is 14.4 Å². The molecule has 2 saturated heterocycles.